The number of hydrogen-bond donors (Lipinski definition) is 0. The van der Waals surface area contributed by atoms with E-state index in [0.717, 1.165) is 0 Å². The van der Waals surface area contributed by atoms with Gasteiger partial charge in [-0.1, -0.05) is 24.3 Å². The maximum atomic E-state index is 12.8. The molecule has 0 aliphatic heterocycles. The van der Waals surface area contributed by atoms with Crippen molar-refractivity contribution in [3.8, 4) is 17.0 Å². The van der Waals surface area contributed by atoms with Crippen molar-refractivity contribution in [1.82, 2.24) is 4.98 Å². The maximum absolute atomic E-state index is 12.8. The number of rotatable bonds is 2. The van der Waals surface area contributed by atoms with Gasteiger partial charge in [0.1, 0.15) is 0 Å². The molecule has 1 heterocycles. The lowest BCUT2D eigenvalue weighted by atomic mass is 9.85. The number of ketones is 1. The lowest BCUT2D eigenvalue weighted by molar-refractivity contribution is -0.383. The van der Waals surface area contributed by atoms with Crippen molar-refractivity contribution in [3.63, 3.8) is 0 Å². The molecule has 0 atom stereocenters. The molecule has 6 nitrogen and oxygen atoms in total. The minimum atomic E-state index is -0.493. The minimum absolute atomic E-state index is 0.0716. The van der Waals surface area contributed by atoms with E-state index < -0.39 is 4.92 Å². The van der Waals surface area contributed by atoms with Crippen molar-refractivity contribution in [2.75, 3.05) is 7.11 Å². The maximum Gasteiger partial charge on any atom is 0.318 e. The summed E-state index contributed by atoms with van der Waals surface area (Å²) in [4.78, 5) is 28.1. The van der Waals surface area contributed by atoms with Gasteiger partial charge in [-0.3, -0.25) is 19.9 Å². The van der Waals surface area contributed by atoms with E-state index in [0.29, 0.717) is 33.2 Å². The smallest absolute Gasteiger partial charge is 0.318 e. The first kappa shape index (κ1) is 13.4. The van der Waals surface area contributed by atoms with Gasteiger partial charge in [-0.05, 0) is 12.1 Å². The zero-order valence-electron chi connectivity index (χ0n) is 12.1. The third-order valence-electron chi connectivity index (χ3n) is 4.06. The Labute approximate surface area is 130 Å². The summed E-state index contributed by atoms with van der Waals surface area (Å²) in [6.45, 7) is 0. The summed E-state index contributed by atoms with van der Waals surface area (Å²) in [6, 6.07) is 10.1. The van der Waals surface area contributed by atoms with Crippen LogP contribution < -0.4 is 4.74 Å². The molecule has 0 amide bonds. The Morgan fingerprint density at radius 1 is 1.13 bits per heavy atom. The lowest BCUT2D eigenvalue weighted by Gasteiger charge is -2.19. The number of ether oxygens (including phenoxy) is 1. The Hall–Kier alpha value is -3.28. The number of nitro groups is 1. The molecule has 1 aliphatic rings. The highest BCUT2D eigenvalue weighted by atomic mass is 16.6. The van der Waals surface area contributed by atoms with E-state index >= 15 is 0 Å². The van der Waals surface area contributed by atoms with E-state index in [4.69, 9.17) is 4.74 Å². The third-order valence-corrected chi connectivity index (χ3v) is 4.06. The summed E-state index contributed by atoms with van der Waals surface area (Å²) in [5.41, 5.74) is 2.04. The molecular weight excluding hydrogens is 296 g/mol. The van der Waals surface area contributed by atoms with Crippen molar-refractivity contribution >= 4 is 22.2 Å². The molecule has 2 aromatic carbocycles. The van der Waals surface area contributed by atoms with Crippen LogP contribution in [0.2, 0.25) is 0 Å². The normalized spacial score (nSPS) is 12.1. The van der Waals surface area contributed by atoms with E-state index in [2.05, 4.69) is 4.98 Å². The molecule has 1 aromatic heterocycles. The quantitative estimate of drug-likeness (QED) is 0.419. The van der Waals surface area contributed by atoms with Gasteiger partial charge >= 0.3 is 5.69 Å². The third kappa shape index (κ3) is 1.69. The van der Waals surface area contributed by atoms with E-state index in [1.807, 2.05) is 6.07 Å². The van der Waals surface area contributed by atoms with Crippen LogP contribution in [0.3, 0.4) is 0 Å². The fourth-order valence-electron chi connectivity index (χ4n) is 3.10. The molecule has 6 heteroatoms. The van der Waals surface area contributed by atoms with E-state index in [1.54, 1.807) is 24.3 Å². The van der Waals surface area contributed by atoms with Crippen LogP contribution in [-0.2, 0) is 0 Å². The predicted octanol–water partition coefficient (Wildman–Crippen LogP) is 3.36. The summed E-state index contributed by atoms with van der Waals surface area (Å²) >= 11 is 0. The second-order valence-electron chi connectivity index (χ2n) is 5.19. The molecule has 0 unspecified atom stereocenters. The molecule has 0 saturated carbocycles. The summed E-state index contributed by atoms with van der Waals surface area (Å²) < 4.78 is 5.14. The number of nitro benzene ring substituents is 1. The second-order valence-corrected chi connectivity index (χ2v) is 5.19. The average molecular weight is 306 g/mol. The Kier molecular flexibility index (Phi) is 2.68. The molecule has 0 saturated heterocycles. The average Bonchev–Trinajstić information content (AvgIpc) is 2.58. The number of pyridine rings is 1. The highest BCUT2D eigenvalue weighted by Gasteiger charge is 2.31. The van der Waals surface area contributed by atoms with Crippen molar-refractivity contribution in [2.45, 2.75) is 0 Å². The molecule has 112 valence electrons. The number of benzene rings is 2. The predicted molar refractivity (Wildman–Crippen MR) is 83.8 cm³/mol. The number of methoxy groups -OCH3 is 1. The van der Waals surface area contributed by atoms with Gasteiger partial charge in [-0.15, -0.1) is 0 Å². The molecule has 4 rings (SSSR count). The molecule has 0 bridgehead atoms. The highest BCUT2D eigenvalue weighted by molar-refractivity contribution is 6.26. The first-order valence-electron chi connectivity index (χ1n) is 6.91. The van der Waals surface area contributed by atoms with Crippen LogP contribution in [0.1, 0.15) is 15.9 Å². The van der Waals surface area contributed by atoms with Crippen molar-refractivity contribution in [3.05, 3.63) is 63.8 Å². The fourth-order valence-corrected chi connectivity index (χ4v) is 3.10. The van der Waals surface area contributed by atoms with Crippen LogP contribution >= 0.6 is 0 Å². The first-order valence-corrected chi connectivity index (χ1v) is 6.91. The van der Waals surface area contributed by atoms with Gasteiger partial charge in [0.25, 0.3) is 0 Å². The van der Waals surface area contributed by atoms with Gasteiger partial charge in [0.15, 0.2) is 11.5 Å². The van der Waals surface area contributed by atoms with Gasteiger partial charge in [0.2, 0.25) is 0 Å². The fraction of sp³-hybridized carbons (Fsp3) is 0.0588. The number of carbonyl (C=O) groups excluding carboxylic acids is 1. The highest BCUT2D eigenvalue weighted by Crippen LogP contribution is 2.44. The number of nitrogens with zero attached hydrogens (tertiary/aromatic N) is 2. The molecule has 0 spiro atoms. The number of fused-ring (bicyclic) bond motifs is 2. The van der Waals surface area contributed by atoms with E-state index in [9.17, 15) is 14.9 Å². The summed E-state index contributed by atoms with van der Waals surface area (Å²) in [5, 5.41) is 12.3. The van der Waals surface area contributed by atoms with Crippen LogP contribution in [0.4, 0.5) is 5.69 Å². The lowest BCUT2D eigenvalue weighted by Crippen LogP contribution is -2.12. The van der Waals surface area contributed by atoms with Gasteiger partial charge in [-0.25, -0.2) is 0 Å². The van der Waals surface area contributed by atoms with Crippen molar-refractivity contribution in [1.29, 1.82) is 0 Å². The van der Waals surface area contributed by atoms with Crippen LogP contribution in [0, 0.1) is 10.1 Å². The summed E-state index contributed by atoms with van der Waals surface area (Å²) in [7, 11) is 1.35. The largest absolute Gasteiger partial charge is 0.490 e. The second kappa shape index (κ2) is 4.61. The molecule has 1 aliphatic carbocycles. The molecule has 0 N–H and O–H groups in total. The number of aromatic nitrogens is 1. The number of hydrogen-bond acceptors (Lipinski definition) is 5. The van der Waals surface area contributed by atoms with Gasteiger partial charge in [-0.2, -0.15) is 0 Å². The zero-order valence-corrected chi connectivity index (χ0v) is 12.1. The Bertz CT molecular complexity index is 1010. The Morgan fingerprint density at radius 2 is 1.87 bits per heavy atom. The molecule has 3 aromatic rings. The zero-order chi connectivity index (χ0) is 16.1. The Balaban J connectivity index is 2.25. The SMILES string of the molecule is COc1cc2c3c(nccc3c1[N+](=O)[O-])-c1ccccc1C2=O. The minimum Gasteiger partial charge on any atom is -0.490 e. The van der Waals surface area contributed by atoms with E-state index in [-0.39, 0.29) is 17.2 Å². The van der Waals surface area contributed by atoms with Crippen LogP contribution in [-0.4, -0.2) is 22.8 Å². The molecule has 0 radical (unpaired) electrons. The molecule has 23 heavy (non-hydrogen) atoms. The monoisotopic (exact) mass is 306 g/mol. The molecule has 0 fully saturated rings. The standard InChI is InChI=1S/C17H10N2O4/c1-23-13-8-12-14-11(16(13)19(21)22)6-7-18-15(14)9-4-2-3-5-10(9)17(12)20/h2-8H,1H3. The van der Waals surface area contributed by atoms with Crippen LogP contribution in [0.5, 0.6) is 5.75 Å². The van der Waals surface area contributed by atoms with Crippen molar-refractivity contribution in [2.24, 2.45) is 0 Å². The van der Waals surface area contributed by atoms with Gasteiger partial charge in [0, 0.05) is 28.3 Å². The van der Waals surface area contributed by atoms with Gasteiger partial charge in [0.05, 0.1) is 23.1 Å². The summed E-state index contributed by atoms with van der Waals surface area (Å²) in [5.74, 6) is -0.110. The topological polar surface area (TPSA) is 82.3 Å². The van der Waals surface area contributed by atoms with Crippen LogP contribution in [0.25, 0.3) is 22.0 Å². The molecular formula is C17H10N2O4. The Morgan fingerprint density at radius 3 is 2.57 bits per heavy atom. The van der Waals surface area contributed by atoms with Crippen LogP contribution in [0.15, 0.2) is 42.6 Å². The summed E-state index contributed by atoms with van der Waals surface area (Å²) in [6.07, 6.45) is 1.51. The van der Waals surface area contributed by atoms with Crippen molar-refractivity contribution < 1.29 is 14.5 Å². The first-order chi connectivity index (χ1) is 11.1. The van der Waals surface area contributed by atoms with E-state index in [1.165, 1.54) is 19.4 Å². The van der Waals surface area contributed by atoms with Gasteiger partial charge < -0.3 is 4.74 Å². The number of carbonyl (C=O) groups is 1.